The second-order valence-corrected chi connectivity index (χ2v) is 26.1. The predicted molar refractivity (Wildman–Crippen MR) is 240 cm³/mol. The Morgan fingerprint density at radius 2 is 0.909 bits per heavy atom. The number of fused-ring (bicyclic) bond motifs is 8. The molecule has 7 aromatic carbocycles. The van der Waals surface area contributed by atoms with Gasteiger partial charge >= 0.3 is 337 Å². The maximum atomic E-state index is 5.31. The number of benzene rings is 7. The first-order chi connectivity index (χ1) is 27.0. The monoisotopic (exact) mass is 873 g/mol. The van der Waals surface area contributed by atoms with Crippen LogP contribution in [0.3, 0.4) is 0 Å². The normalized spacial score (nSPS) is 12.1. The summed E-state index contributed by atoms with van der Waals surface area (Å²) in [7, 11) is 0. The summed E-state index contributed by atoms with van der Waals surface area (Å²) >= 11 is 7.42. The first-order valence-electron chi connectivity index (χ1n) is 18.2. The van der Waals surface area contributed by atoms with Gasteiger partial charge in [0.15, 0.2) is 0 Å². The van der Waals surface area contributed by atoms with Gasteiger partial charge in [0.1, 0.15) is 0 Å². The van der Waals surface area contributed by atoms with E-state index in [4.69, 9.17) is 9.97 Å². The number of hydrogen-bond acceptors (Lipinski definition) is 2. The van der Waals surface area contributed by atoms with Crippen molar-refractivity contribution in [3.05, 3.63) is 200 Å². The van der Waals surface area contributed by atoms with Crippen LogP contribution in [-0.4, -0.2) is 44.6 Å². The van der Waals surface area contributed by atoms with Crippen molar-refractivity contribution in [2.45, 2.75) is 0 Å². The number of rotatable bonds is 7. The number of aromatic nitrogens is 3. The molecular weight excluding hydrogens is 838 g/mol. The Bertz CT molecular complexity index is 3050. The van der Waals surface area contributed by atoms with Crippen molar-refractivity contribution < 1.29 is 0 Å². The summed E-state index contributed by atoms with van der Waals surface area (Å²) in [6.45, 7) is 0. The number of imidazole rings is 1. The van der Waals surface area contributed by atoms with Crippen LogP contribution in [0.25, 0.3) is 49.6 Å². The van der Waals surface area contributed by atoms with Crippen molar-refractivity contribution in [3.63, 3.8) is 0 Å². The standard InChI is InChI=1S/C48H33N3P2Se2/c54-52(35-15-5-1-6-16-35,36-17-7-2-8-18-36)39-26-30-45-47(32-39)51-46-31-34(25-28-42(46)41-23-13-14-24-43(41)48(51)50-45)44-29-27-40(33-49-44)53(55,37-19-9-3-10-20-37)38-21-11-4-12-22-38/h1-33H. The first-order valence-corrected chi connectivity index (χ1v) is 26.2. The van der Waals surface area contributed by atoms with Gasteiger partial charge in [0, 0.05) is 0 Å². The Hall–Kier alpha value is -4.94. The molecule has 0 amide bonds. The van der Waals surface area contributed by atoms with Gasteiger partial charge in [0.25, 0.3) is 0 Å². The molecule has 0 fully saturated rings. The van der Waals surface area contributed by atoms with Gasteiger partial charge in [-0.3, -0.25) is 0 Å². The Labute approximate surface area is 335 Å². The van der Waals surface area contributed by atoms with Crippen LogP contribution in [0.2, 0.25) is 0 Å². The zero-order valence-corrected chi connectivity index (χ0v) is 34.8. The second kappa shape index (κ2) is 14.0. The molecule has 0 aliphatic carbocycles. The fraction of sp³-hybridized carbons (Fsp3) is 0. The predicted octanol–water partition coefficient (Wildman–Crippen LogP) is 8.61. The van der Waals surface area contributed by atoms with E-state index >= 15 is 0 Å². The zero-order valence-electron chi connectivity index (χ0n) is 29.6. The molecule has 0 saturated heterocycles. The summed E-state index contributed by atoms with van der Waals surface area (Å²) in [6, 6.07) is 70.1. The number of nitrogens with zero attached hydrogens (tertiary/aromatic N) is 3. The topological polar surface area (TPSA) is 30.2 Å². The molecule has 3 heterocycles. The van der Waals surface area contributed by atoms with E-state index in [1.54, 1.807) is 0 Å². The molecule has 0 spiro atoms. The fourth-order valence-corrected chi connectivity index (χ4v) is 17.6. The molecule has 3 nitrogen and oxygen atoms in total. The third-order valence-electron chi connectivity index (χ3n) is 10.6. The van der Waals surface area contributed by atoms with E-state index in [-0.39, 0.29) is 0 Å². The minimum atomic E-state index is -2.09. The molecule has 7 heteroatoms. The summed E-state index contributed by atoms with van der Waals surface area (Å²) in [5, 5.41) is 11.2. The second-order valence-electron chi connectivity index (χ2n) is 13.7. The van der Waals surface area contributed by atoms with Gasteiger partial charge in [-0.2, -0.15) is 0 Å². The van der Waals surface area contributed by atoms with Crippen molar-refractivity contribution in [2.75, 3.05) is 0 Å². The van der Waals surface area contributed by atoms with Crippen molar-refractivity contribution in [1.29, 1.82) is 0 Å². The molecule has 55 heavy (non-hydrogen) atoms. The van der Waals surface area contributed by atoms with Crippen LogP contribution in [0.4, 0.5) is 0 Å². The van der Waals surface area contributed by atoms with E-state index < -0.39 is 11.0 Å². The van der Waals surface area contributed by atoms with Crippen LogP contribution in [0.15, 0.2) is 200 Å². The molecule has 262 valence electrons. The van der Waals surface area contributed by atoms with E-state index in [9.17, 15) is 0 Å². The number of pyridine rings is 2. The molecule has 0 unspecified atom stereocenters. The van der Waals surface area contributed by atoms with Gasteiger partial charge in [0.05, 0.1) is 0 Å². The van der Waals surface area contributed by atoms with E-state index in [2.05, 4.69) is 235 Å². The Morgan fingerprint density at radius 1 is 0.400 bits per heavy atom. The zero-order chi connectivity index (χ0) is 37.0. The van der Waals surface area contributed by atoms with Crippen LogP contribution in [0.1, 0.15) is 0 Å². The van der Waals surface area contributed by atoms with Crippen molar-refractivity contribution in [2.24, 2.45) is 0 Å². The Balaban J connectivity index is 1.18. The molecule has 0 atom stereocenters. The molecule has 0 aliphatic heterocycles. The molecule has 10 rings (SSSR count). The van der Waals surface area contributed by atoms with Gasteiger partial charge in [-0.05, 0) is 0 Å². The molecular formula is C48H33N3P2Se2. The van der Waals surface area contributed by atoms with Crippen LogP contribution in [0.5, 0.6) is 0 Å². The van der Waals surface area contributed by atoms with Crippen LogP contribution >= 0.6 is 11.0 Å². The van der Waals surface area contributed by atoms with E-state index in [1.807, 2.05) is 0 Å². The summed E-state index contributed by atoms with van der Waals surface area (Å²) in [6.07, 6.45) is 2.08. The SMILES string of the molecule is [Se]=P(c1ccccc1)(c1ccccc1)c1ccc(-c2ccc3c4ccccc4c4nc5ccc(P(=[Se])(c6ccccc6)c6ccccc6)cc5n4c3c2)nc1. The average molecular weight is 872 g/mol. The molecule has 0 N–H and O–H groups in total. The molecule has 0 bridgehead atoms. The molecule has 0 radical (unpaired) electrons. The summed E-state index contributed by atoms with van der Waals surface area (Å²) in [4.78, 5) is 10.5. The van der Waals surface area contributed by atoms with Crippen molar-refractivity contribution in [1.82, 2.24) is 14.4 Å². The van der Waals surface area contributed by atoms with Crippen LogP contribution < -0.4 is 31.8 Å². The quantitative estimate of drug-likeness (QED) is 0.0914. The third-order valence-corrected chi connectivity index (χ3v) is 24.6. The molecule has 3 aromatic heterocycles. The van der Waals surface area contributed by atoms with Crippen molar-refractivity contribution in [3.8, 4) is 11.3 Å². The number of hydrogen-bond donors (Lipinski definition) is 0. The fourth-order valence-electron chi connectivity index (χ4n) is 7.89. The maximum absolute atomic E-state index is 5.31. The minimum absolute atomic E-state index is 0.936. The summed E-state index contributed by atoms with van der Waals surface area (Å²) in [5.41, 5.74) is 2.03. The van der Waals surface area contributed by atoms with E-state index in [1.165, 1.54) is 42.6 Å². The molecule has 0 aliphatic rings. The van der Waals surface area contributed by atoms with Gasteiger partial charge in [0.2, 0.25) is 0 Å². The van der Waals surface area contributed by atoms with Gasteiger partial charge in [-0.25, -0.2) is 0 Å². The summed E-state index contributed by atoms with van der Waals surface area (Å²) < 4.78 is 2.37. The van der Waals surface area contributed by atoms with Gasteiger partial charge in [-0.15, -0.1) is 0 Å². The van der Waals surface area contributed by atoms with Gasteiger partial charge in [-0.1, -0.05) is 0 Å². The van der Waals surface area contributed by atoms with Crippen LogP contribution in [-0.2, 0) is 0 Å². The molecule has 0 saturated carbocycles. The van der Waals surface area contributed by atoms with E-state index in [0.717, 1.165) is 38.8 Å². The average Bonchev–Trinajstić information content (AvgIpc) is 3.67. The van der Waals surface area contributed by atoms with Gasteiger partial charge < -0.3 is 0 Å². The Kier molecular flexibility index (Phi) is 8.77. The Morgan fingerprint density at radius 3 is 1.45 bits per heavy atom. The van der Waals surface area contributed by atoms with Crippen molar-refractivity contribution >= 4 is 111 Å². The van der Waals surface area contributed by atoms with Crippen LogP contribution in [0, 0.1) is 0 Å². The molecule has 10 aromatic rings. The first kappa shape index (κ1) is 34.5. The third kappa shape index (κ3) is 5.70. The van der Waals surface area contributed by atoms with E-state index in [0.29, 0.717) is 0 Å². The summed E-state index contributed by atoms with van der Waals surface area (Å²) in [5.74, 6) is 0.